The number of rotatable bonds is 4. The minimum absolute atomic E-state index is 0.157. The highest BCUT2D eigenvalue weighted by Crippen LogP contribution is 2.19. The van der Waals surface area contributed by atoms with Gasteiger partial charge in [-0.05, 0) is 25.5 Å². The normalized spacial score (nSPS) is 21.0. The third kappa shape index (κ3) is 3.01. The summed E-state index contributed by atoms with van der Waals surface area (Å²) < 4.78 is 32.4. The summed E-state index contributed by atoms with van der Waals surface area (Å²) in [4.78, 5) is 2.03. The highest BCUT2D eigenvalue weighted by Gasteiger charge is 2.24. The monoisotopic (exact) mass is 241 g/mol. The van der Waals surface area contributed by atoms with Gasteiger partial charge in [0.1, 0.15) is 11.6 Å². The maximum absolute atomic E-state index is 13.5. The molecule has 1 unspecified atom stereocenters. The van der Waals surface area contributed by atoms with Crippen molar-refractivity contribution >= 4 is 0 Å². The smallest absolute Gasteiger partial charge is 0.130 e. The second-order valence-corrected chi connectivity index (χ2v) is 4.30. The number of hydrogen-bond donors (Lipinski definition) is 0. The lowest BCUT2D eigenvalue weighted by Gasteiger charge is -2.16. The van der Waals surface area contributed by atoms with Crippen LogP contribution in [0.1, 0.15) is 18.9 Å². The summed E-state index contributed by atoms with van der Waals surface area (Å²) >= 11 is 0. The quantitative estimate of drug-likeness (QED) is 0.803. The number of ether oxygens (including phenoxy) is 1. The zero-order valence-electron chi connectivity index (χ0n) is 9.96. The van der Waals surface area contributed by atoms with E-state index in [1.54, 1.807) is 0 Å². The third-order valence-corrected chi connectivity index (χ3v) is 3.07. The Bertz CT molecular complexity index is 363. The van der Waals surface area contributed by atoms with Crippen LogP contribution in [-0.4, -0.2) is 30.7 Å². The Morgan fingerprint density at radius 3 is 2.71 bits per heavy atom. The molecule has 1 atom stereocenters. The zero-order chi connectivity index (χ0) is 12.3. The molecular weight excluding hydrogens is 224 g/mol. The number of hydrogen-bond acceptors (Lipinski definition) is 2. The van der Waals surface area contributed by atoms with Crippen LogP contribution >= 0.6 is 0 Å². The molecule has 1 aliphatic heterocycles. The molecule has 1 aromatic carbocycles. The standard InChI is InChI=1S/C13H17F2NO/c1-2-17-10-6-7-16(8-10)9-11-12(14)4-3-5-13(11)15/h3-5,10H,2,6-9H2,1H3. The average Bonchev–Trinajstić information content (AvgIpc) is 2.72. The number of nitrogens with zero attached hydrogens (tertiary/aromatic N) is 1. The lowest BCUT2D eigenvalue weighted by Crippen LogP contribution is -2.24. The Hall–Kier alpha value is -1.00. The van der Waals surface area contributed by atoms with Crippen molar-refractivity contribution in [2.45, 2.75) is 26.0 Å². The molecule has 1 aliphatic rings. The van der Waals surface area contributed by atoms with Crippen molar-refractivity contribution in [3.63, 3.8) is 0 Å². The van der Waals surface area contributed by atoms with Gasteiger partial charge in [0.15, 0.2) is 0 Å². The van der Waals surface area contributed by atoms with E-state index in [0.29, 0.717) is 13.2 Å². The van der Waals surface area contributed by atoms with Gasteiger partial charge in [-0.3, -0.25) is 4.90 Å². The van der Waals surface area contributed by atoms with Gasteiger partial charge in [0.2, 0.25) is 0 Å². The molecule has 4 heteroatoms. The Kier molecular flexibility index (Phi) is 4.07. The first-order valence-corrected chi connectivity index (χ1v) is 5.97. The molecule has 0 N–H and O–H groups in total. The van der Waals surface area contributed by atoms with E-state index >= 15 is 0 Å². The topological polar surface area (TPSA) is 12.5 Å². The van der Waals surface area contributed by atoms with Gasteiger partial charge in [-0.1, -0.05) is 6.07 Å². The molecule has 2 rings (SSSR count). The highest BCUT2D eigenvalue weighted by atomic mass is 19.1. The minimum Gasteiger partial charge on any atom is -0.377 e. The lowest BCUT2D eigenvalue weighted by molar-refractivity contribution is 0.0681. The molecule has 1 aromatic rings. The first-order valence-electron chi connectivity index (χ1n) is 5.97. The van der Waals surface area contributed by atoms with Crippen molar-refractivity contribution in [1.29, 1.82) is 0 Å². The summed E-state index contributed by atoms with van der Waals surface area (Å²) in [6.07, 6.45) is 1.14. The van der Waals surface area contributed by atoms with E-state index in [1.165, 1.54) is 18.2 Å². The van der Waals surface area contributed by atoms with Crippen molar-refractivity contribution < 1.29 is 13.5 Å². The average molecular weight is 241 g/mol. The summed E-state index contributed by atoms with van der Waals surface area (Å²) in [5, 5.41) is 0. The molecule has 2 nitrogen and oxygen atoms in total. The van der Waals surface area contributed by atoms with Gasteiger partial charge in [0.05, 0.1) is 6.10 Å². The van der Waals surface area contributed by atoms with Crippen LogP contribution in [-0.2, 0) is 11.3 Å². The lowest BCUT2D eigenvalue weighted by atomic mass is 10.2. The maximum atomic E-state index is 13.5. The second-order valence-electron chi connectivity index (χ2n) is 4.30. The van der Waals surface area contributed by atoms with Gasteiger partial charge in [-0.25, -0.2) is 8.78 Å². The van der Waals surface area contributed by atoms with E-state index in [4.69, 9.17) is 4.74 Å². The van der Waals surface area contributed by atoms with Gasteiger partial charge >= 0.3 is 0 Å². The van der Waals surface area contributed by atoms with Gasteiger partial charge < -0.3 is 4.74 Å². The summed E-state index contributed by atoms with van der Waals surface area (Å²) in [5.74, 6) is -0.935. The SMILES string of the molecule is CCOC1CCN(Cc2c(F)cccc2F)C1. The fourth-order valence-corrected chi connectivity index (χ4v) is 2.22. The van der Waals surface area contributed by atoms with Crippen LogP contribution in [0.5, 0.6) is 0 Å². The van der Waals surface area contributed by atoms with E-state index < -0.39 is 11.6 Å². The number of halogens is 2. The van der Waals surface area contributed by atoms with E-state index in [2.05, 4.69) is 0 Å². The molecule has 0 radical (unpaired) electrons. The molecule has 1 heterocycles. The largest absolute Gasteiger partial charge is 0.377 e. The van der Waals surface area contributed by atoms with Crippen LogP contribution in [0.4, 0.5) is 8.78 Å². The van der Waals surface area contributed by atoms with Gasteiger partial charge in [0, 0.05) is 31.8 Å². The number of likely N-dealkylation sites (tertiary alicyclic amines) is 1. The molecule has 0 bridgehead atoms. The summed E-state index contributed by atoms with van der Waals surface area (Å²) in [7, 11) is 0. The van der Waals surface area contributed by atoms with Crippen molar-refractivity contribution in [3.05, 3.63) is 35.4 Å². The zero-order valence-corrected chi connectivity index (χ0v) is 9.96. The van der Waals surface area contributed by atoms with E-state index in [-0.39, 0.29) is 11.7 Å². The Morgan fingerprint density at radius 1 is 1.35 bits per heavy atom. The summed E-state index contributed by atoms with van der Waals surface area (Å²) in [6, 6.07) is 3.99. The van der Waals surface area contributed by atoms with Gasteiger partial charge in [-0.2, -0.15) is 0 Å². The Morgan fingerprint density at radius 2 is 2.06 bits per heavy atom. The predicted molar refractivity (Wildman–Crippen MR) is 61.7 cm³/mol. The third-order valence-electron chi connectivity index (χ3n) is 3.07. The first kappa shape index (κ1) is 12.5. The van der Waals surface area contributed by atoms with Crippen molar-refractivity contribution in [1.82, 2.24) is 4.90 Å². The molecule has 0 saturated carbocycles. The van der Waals surface area contributed by atoms with Crippen LogP contribution in [0, 0.1) is 11.6 Å². The van der Waals surface area contributed by atoms with E-state index in [0.717, 1.165) is 19.5 Å². The van der Waals surface area contributed by atoms with Crippen molar-refractivity contribution in [3.8, 4) is 0 Å². The molecule has 0 aliphatic carbocycles. The number of benzene rings is 1. The predicted octanol–water partition coefficient (Wildman–Crippen LogP) is 2.58. The molecule has 1 fully saturated rings. The molecule has 0 aromatic heterocycles. The minimum atomic E-state index is -0.468. The van der Waals surface area contributed by atoms with Crippen molar-refractivity contribution in [2.75, 3.05) is 19.7 Å². The molecule has 94 valence electrons. The van der Waals surface area contributed by atoms with Crippen LogP contribution in [0.2, 0.25) is 0 Å². The Balaban J connectivity index is 1.98. The van der Waals surface area contributed by atoms with Crippen LogP contribution in [0.3, 0.4) is 0 Å². The summed E-state index contributed by atoms with van der Waals surface area (Å²) in [6.45, 7) is 4.55. The fraction of sp³-hybridized carbons (Fsp3) is 0.538. The molecule has 17 heavy (non-hydrogen) atoms. The van der Waals surface area contributed by atoms with Gasteiger partial charge in [0.25, 0.3) is 0 Å². The highest BCUT2D eigenvalue weighted by molar-refractivity contribution is 5.19. The van der Waals surface area contributed by atoms with Crippen LogP contribution < -0.4 is 0 Å². The van der Waals surface area contributed by atoms with Crippen molar-refractivity contribution in [2.24, 2.45) is 0 Å². The molecule has 1 saturated heterocycles. The van der Waals surface area contributed by atoms with Crippen LogP contribution in [0.15, 0.2) is 18.2 Å². The van der Waals surface area contributed by atoms with E-state index in [1.807, 2.05) is 11.8 Å². The first-order chi connectivity index (χ1) is 8.20. The molecule has 0 amide bonds. The van der Waals surface area contributed by atoms with E-state index in [9.17, 15) is 8.78 Å². The maximum Gasteiger partial charge on any atom is 0.130 e. The fourth-order valence-electron chi connectivity index (χ4n) is 2.22. The molecule has 0 spiro atoms. The second kappa shape index (κ2) is 5.56. The van der Waals surface area contributed by atoms with Crippen LogP contribution in [0.25, 0.3) is 0 Å². The van der Waals surface area contributed by atoms with Gasteiger partial charge in [-0.15, -0.1) is 0 Å². The summed E-state index contributed by atoms with van der Waals surface area (Å²) in [5.41, 5.74) is 0.157. The Labute approximate surface area is 100 Å². The molecular formula is C13H17F2NO.